The lowest BCUT2D eigenvalue weighted by Gasteiger charge is -2.23. The fourth-order valence-electron chi connectivity index (χ4n) is 2.14. The van der Waals surface area contributed by atoms with Crippen LogP contribution in [0.3, 0.4) is 0 Å². The van der Waals surface area contributed by atoms with Crippen LogP contribution in [0.4, 0.5) is 4.39 Å². The average molecular weight is 280 g/mol. The number of amides is 2. The second-order valence-corrected chi connectivity index (χ2v) is 4.75. The first kappa shape index (κ1) is 14.3. The van der Waals surface area contributed by atoms with Crippen LogP contribution < -0.4 is 15.4 Å². The Morgan fingerprint density at radius 3 is 2.95 bits per heavy atom. The van der Waals surface area contributed by atoms with Crippen molar-refractivity contribution >= 4 is 11.8 Å². The molecule has 0 saturated carbocycles. The highest BCUT2D eigenvalue weighted by molar-refractivity contribution is 5.80. The van der Waals surface area contributed by atoms with E-state index < -0.39 is 5.82 Å². The van der Waals surface area contributed by atoms with Crippen molar-refractivity contribution in [3.8, 4) is 5.75 Å². The summed E-state index contributed by atoms with van der Waals surface area (Å²) in [5.41, 5.74) is 0.584. The molecular weight excluding hydrogens is 263 g/mol. The molecule has 0 aromatic heterocycles. The van der Waals surface area contributed by atoms with Crippen molar-refractivity contribution in [1.82, 2.24) is 10.6 Å². The quantitative estimate of drug-likeness (QED) is 0.856. The highest BCUT2D eigenvalue weighted by Gasteiger charge is 2.19. The summed E-state index contributed by atoms with van der Waals surface area (Å²) >= 11 is 0. The SMILES string of the molecule is COc1ccc(CC(=O)NC2CCC(=O)NC2)cc1F. The number of ether oxygens (including phenoxy) is 1. The number of carbonyl (C=O) groups excluding carboxylic acids is 2. The fraction of sp³-hybridized carbons (Fsp3) is 0.429. The lowest BCUT2D eigenvalue weighted by Crippen LogP contribution is -2.48. The molecule has 1 aromatic rings. The monoisotopic (exact) mass is 280 g/mol. The standard InChI is InChI=1S/C14H17FN2O3/c1-20-12-4-2-9(6-11(12)15)7-14(19)17-10-3-5-13(18)16-8-10/h2,4,6,10H,3,5,7-8H2,1H3,(H,16,18)(H,17,19). The van der Waals surface area contributed by atoms with E-state index in [-0.39, 0.29) is 30.0 Å². The number of methoxy groups -OCH3 is 1. The number of piperidine rings is 1. The summed E-state index contributed by atoms with van der Waals surface area (Å²) in [5.74, 6) is -0.504. The van der Waals surface area contributed by atoms with Crippen molar-refractivity contribution < 1.29 is 18.7 Å². The maximum absolute atomic E-state index is 13.5. The first-order valence-electron chi connectivity index (χ1n) is 6.47. The van der Waals surface area contributed by atoms with E-state index in [9.17, 15) is 14.0 Å². The predicted molar refractivity (Wildman–Crippen MR) is 70.8 cm³/mol. The zero-order chi connectivity index (χ0) is 14.5. The summed E-state index contributed by atoms with van der Waals surface area (Å²) < 4.78 is 18.3. The molecular formula is C14H17FN2O3. The number of benzene rings is 1. The molecule has 1 aliphatic heterocycles. The number of nitrogens with one attached hydrogen (secondary N) is 2. The van der Waals surface area contributed by atoms with E-state index in [0.717, 1.165) is 0 Å². The van der Waals surface area contributed by atoms with Crippen molar-refractivity contribution in [2.45, 2.75) is 25.3 Å². The van der Waals surface area contributed by atoms with Gasteiger partial charge in [-0.1, -0.05) is 6.07 Å². The van der Waals surface area contributed by atoms with Gasteiger partial charge in [0.05, 0.1) is 13.5 Å². The smallest absolute Gasteiger partial charge is 0.224 e. The van der Waals surface area contributed by atoms with Gasteiger partial charge in [-0.2, -0.15) is 0 Å². The van der Waals surface area contributed by atoms with Crippen LogP contribution in [0.1, 0.15) is 18.4 Å². The van der Waals surface area contributed by atoms with Gasteiger partial charge in [-0.15, -0.1) is 0 Å². The van der Waals surface area contributed by atoms with E-state index in [2.05, 4.69) is 10.6 Å². The first-order valence-corrected chi connectivity index (χ1v) is 6.47. The molecule has 0 radical (unpaired) electrons. The Hall–Kier alpha value is -2.11. The van der Waals surface area contributed by atoms with E-state index in [4.69, 9.17) is 4.74 Å². The predicted octanol–water partition coefficient (Wildman–Crippen LogP) is 0.772. The number of halogens is 1. The second-order valence-electron chi connectivity index (χ2n) is 4.75. The van der Waals surface area contributed by atoms with Gasteiger partial charge in [0.15, 0.2) is 11.6 Å². The van der Waals surface area contributed by atoms with E-state index in [1.807, 2.05) is 0 Å². The molecule has 20 heavy (non-hydrogen) atoms. The molecule has 1 unspecified atom stereocenters. The molecule has 1 aliphatic rings. The average Bonchev–Trinajstić information content (AvgIpc) is 2.41. The van der Waals surface area contributed by atoms with Crippen molar-refractivity contribution in [1.29, 1.82) is 0 Å². The van der Waals surface area contributed by atoms with Crippen molar-refractivity contribution in [3.05, 3.63) is 29.6 Å². The van der Waals surface area contributed by atoms with Crippen LogP contribution in [-0.2, 0) is 16.0 Å². The number of hydrogen-bond acceptors (Lipinski definition) is 3. The number of hydrogen-bond donors (Lipinski definition) is 2. The molecule has 2 rings (SSSR count). The maximum atomic E-state index is 13.5. The highest BCUT2D eigenvalue weighted by atomic mass is 19.1. The largest absolute Gasteiger partial charge is 0.494 e. The maximum Gasteiger partial charge on any atom is 0.224 e. The van der Waals surface area contributed by atoms with Crippen LogP contribution in [0.2, 0.25) is 0 Å². The van der Waals surface area contributed by atoms with Crippen LogP contribution >= 0.6 is 0 Å². The Kier molecular flexibility index (Phi) is 4.55. The van der Waals surface area contributed by atoms with Gasteiger partial charge in [0.2, 0.25) is 11.8 Å². The summed E-state index contributed by atoms with van der Waals surface area (Å²) in [6.07, 6.45) is 1.15. The Morgan fingerprint density at radius 1 is 1.55 bits per heavy atom. The van der Waals surface area contributed by atoms with Gasteiger partial charge in [0, 0.05) is 19.0 Å². The van der Waals surface area contributed by atoms with Gasteiger partial charge in [-0.05, 0) is 24.1 Å². The Morgan fingerprint density at radius 2 is 2.35 bits per heavy atom. The highest BCUT2D eigenvalue weighted by Crippen LogP contribution is 2.18. The van der Waals surface area contributed by atoms with Gasteiger partial charge >= 0.3 is 0 Å². The summed E-state index contributed by atoms with van der Waals surface area (Å²) in [5, 5.41) is 5.52. The zero-order valence-electron chi connectivity index (χ0n) is 11.2. The van der Waals surface area contributed by atoms with E-state index in [1.54, 1.807) is 6.07 Å². The minimum atomic E-state index is -0.484. The van der Waals surface area contributed by atoms with Crippen molar-refractivity contribution in [3.63, 3.8) is 0 Å². The second kappa shape index (κ2) is 6.36. The van der Waals surface area contributed by atoms with Crippen molar-refractivity contribution in [2.75, 3.05) is 13.7 Å². The molecule has 108 valence electrons. The molecule has 1 saturated heterocycles. The molecule has 1 fully saturated rings. The molecule has 1 heterocycles. The van der Waals surface area contributed by atoms with Crippen molar-refractivity contribution in [2.24, 2.45) is 0 Å². The summed E-state index contributed by atoms with van der Waals surface area (Å²) in [6, 6.07) is 4.40. The molecule has 1 atom stereocenters. The summed E-state index contributed by atoms with van der Waals surface area (Å²) in [6.45, 7) is 0.446. The number of rotatable bonds is 4. The minimum absolute atomic E-state index is 0.00715. The normalized spacial score (nSPS) is 18.3. The Labute approximate surface area is 116 Å². The molecule has 1 aromatic carbocycles. The molecule has 6 heteroatoms. The fourth-order valence-corrected chi connectivity index (χ4v) is 2.14. The Balaban J connectivity index is 1.88. The van der Waals surface area contributed by atoms with Gasteiger partial charge in [-0.3, -0.25) is 9.59 Å². The van der Waals surface area contributed by atoms with E-state index in [1.165, 1.54) is 19.2 Å². The van der Waals surface area contributed by atoms with Gasteiger partial charge in [-0.25, -0.2) is 4.39 Å². The molecule has 2 N–H and O–H groups in total. The van der Waals surface area contributed by atoms with E-state index in [0.29, 0.717) is 24.9 Å². The van der Waals surface area contributed by atoms with Crippen LogP contribution in [-0.4, -0.2) is 31.5 Å². The van der Waals surface area contributed by atoms with Gasteiger partial charge in [0.25, 0.3) is 0 Å². The van der Waals surface area contributed by atoms with E-state index >= 15 is 0 Å². The third-order valence-electron chi connectivity index (χ3n) is 3.21. The van der Waals surface area contributed by atoms with Crippen LogP contribution in [0, 0.1) is 5.82 Å². The lowest BCUT2D eigenvalue weighted by atomic mass is 10.1. The number of carbonyl (C=O) groups is 2. The third kappa shape index (κ3) is 3.69. The van der Waals surface area contributed by atoms with Crippen LogP contribution in [0.15, 0.2) is 18.2 Å². The lowest BCUT2D eigenvalue weighted by molar-refractivity contribution is -0.125. The van der Waals surface area contributed by atoms with Crippen LogP contribution in [0.5, 0.6) is 5.75 Å². The third-order valence-corrected chi connectivity index (χ3v) is 3.21. The van der Waals surface area contributed by atoms with Gasteiger partial charge in [0.1, 0.15) is 0 Å². The molecule has 0 bridgehead atoms. The summed E-state index contributed by atoms with van der Waals surface area (Å²) in [4.78, 5) is 22.9. The summed E-state index contributed by atoms with van der Waals surface area (Å²) in [7, 11) is 1.39. The molecule has 0 spiro atoms. The van der Waals surface area contributed by atoms with Gasteiger partial charge < -0.3 is 15.4 Å². The molecule has 0 aliphatic carbocycles. The first-order chi connectivity index (χ1) is 9.58. The molecule has 5 nitrogen and oxygen atoms in total. The minimum Gasteiger partial charge on any atom is -0.494 e. The Bertz CT molecular complexity index is 509. The molecule has 2 amide bonds. The van der Waals surface area contributed by atoms with Crippen LogP contribution in [0.25, 0.3) is 0 Å². The zero-order valence-corrected chi connectivity index (χ0v) is 11.2. The topological polar surface area (TPSA) is 67.4 Å².